The van der Waals surface area contributed by atoms with Crippen LogP contribution in [0.15, 0.2) is 36.4 Å². The Balaban J connectivity index is 1.68. The molecule has 1 N–H and O–H groups in total. The topological polar surface area (TPSA) is 69.7 Å². The molecule has 0 aliphatic carbocycles. The lowest BCUT2D eigenvalue weighted by atomic mass is 9.91. The molecule has 6 heteroatoms. The number of carbonyl (C=O) groups is 3. The molecule has 3 amide bonds. The Labute approximate surface area is 196 Å². The largest absolute Gasteiger partial charge is 0.341 e. The highest BCUT2D eigenvalue weighted by atomic mass is 16.2. The number of nitrogens with one attached hydrogen (secondary N) is 1. The number of anilines is 1. The van der Waals surface area contributed by atoms with Gasteiger partial charge in [0.15, 0.2) is 0 Å². The molecule has 1 fully saturated rings. The third-order valence-electron chi connectivity index (χ3n) is 6.77. The fourth-order valence-electron chi connectivity index (χ4n) is 4.88. The van der Waals surface area contributed by atoms with Crippen LogP contribution in [-0.2, 0) is 22.6 Å². The van der Waals surface area contributed by atoms with Crippen LogP contribution in [0.2, 0.25) is 0 Å². The van der Waals surface area contributed by atoms with Crippen molar-refractivity contribution >= 4 is 23.4 Å². The van der Waals surface area contributed by atoms with Crippen molar-refractivity contribution in [1.82, 2.24) is 9.80 Å². The van der Waals surface area contributed by atoms with E-state index in [9.17, 15) is 14.4 Å². The fraction of sp³-hybridized carbons (Fsp3) is 0.444. The maximum absolute atomic E-state index is 13.7. The minimum Gasteiger partial charge on any atom is -0.341 e. The molecule has 33 heavy (non-hydrogen) atoms. The van der Waals surface area contributed by atoms with E-state index in [0.29, 0.717) is 24.9 Å². The van der Waals surface area contributed by atoms with Crippen molar-refractivity contribution in [3.05, 3.63) is 64.2 Å². The average Bonchev–Trinajstić information content (AvgIpc) is 2.82. The zero-order chi connectivity index (χ0) is 23.5. The maximum Gasteiger partial charge on any atom is 0.255 e. The summed E-state index contributed by atoms with van der Waals surface area (Å²) in [7, 11) is 0. The summed E-state index contributed by atoms with van der Waals surface area (Å²) in [5, 5.41) is 2.90. The lowest BCUT2D eigenvalue weighted by Crippen LogP contribution is -2.54. The van der Waals surface area contributed by atoms with Crippen molar-refractivity contribution in [3.63, 3.8) is 0 Å². The molecule has 2 aliphatic heterocycles. The number of likely N-dealkylation sites (tertiary alicyclic amines) is 1. The number of piperidine rings is 1. The summed E-state index contributed by atoms with van der Waals surface area (Å²) in [6.45, 7) is 7.63. The molecule has 2 heterocycles. The lowest BCUT2D eigenvalue weighted by Gasteiger charge is -2.40. The molecule has 2 aromatic rings. The van der Waals surface area contributed by atoms with E-state index in [-0.39, 0.29) is 17.7 Å². The standard InChI is InChI=1S/C27H33N3O3/c1-4-25(31)28-22-10-9-20-16-24(27(33)29-12-6-5-7-13-29)30(17-21(20)15-22)26(32)23-11-8-18(2)14-19(23)3/h8-11,14-15,24H,4-7,12-13,16-17H2,1-3H3,(H,28,31)/t24-/m0/s1. The quantitative estimate of drug-likeness (QED) is 0.763. The molecule has 0 bridgehead atoms. The highest BCUT2D eigenvalue weighted by Crippen LogP contribution is 2.30. The number of amides is 3. The van der Waals surface area contributed by atoms with E-state index >= 15 is 0 Å². The van der Waals surface area contributed by atoms with Crippen LogP contribution in [0, 0.1) is 13.8 Å². The molecule has 2 aromatic carbocycles. The van der Waals surface area contributed by atoms with Crippen molar-refractivity contribution in [2.24, 2.45) is 0 Å². The first kappa shape index (κ1) is 23.0. The van der Waals surface area contributed by atoms with Crippen molar-refractivity contribution in [2.45, 2.75) is 65.5 Å². The molecule has 174 valence electrons. The molecular weight excluding hydrogens is 414 g/mol. The minimum absolute atomic E-state index is 0.0434. The first-order valence-electron chi connectivity index (χ1n) is 12.0. The van der Waals surface area contributed by atoms with Crippen LogP contribution in [0.4, 0.5) is 5.69 Å². The van der Waals surface area contributed by atoms with Crippen molar-refractivity contribution in [2.75, 3.05) is 18.4 Å². The summed E-state index contributed by atoms with van der Waals surface area (Å²) in [5.41, 5.74) is 5.41. The summed E-state index contributed by atoms with van der Waals surface area (Å²) in [5.74, 6) is -0.120. The van der Waals surface area contributed by atoms with Crippen LogP contribution in [0.3, 0.4) is 0 Å². The summed E-state index contributed by atoms with van der Waals surface area (Å²) < 4.78 is 0. The van der Waals surface area contributed by atoms with E-state index in [1.807, 2.05) is 62.1 Å². The number of aryl methyl sites for hydroxylation is 2. The van der Waals surface area contributed by atoms with E-state index in [2.05, 4.69) is 5.32 Å². The van der Waals surface area contributed by atoms with Crippen LogP contribution >= 0.6 is 0 Å². The van der Waals surface area contributed by atoms with Gasteiger partial charge in [0.25, 0.3) is 5.91 Å². The second-order valence-electron chi connectivity index (χ2n) is 9.24. The summed E-state index contributed by atoms with van der Waals surface area (Å²) >= 11 is 0. The first-order valence-corrected chi connectivity index (χ1v) is 12.0. The Kier molecular flexibility index (Phi) is 6.82. The number of carbonyl (C=O) groups excluding carboxylic acids is 3. The van der Waals surface area contributed by atoms with Gasteiger partial charge in [0.2, 0.25) is 11.8 Å². The molecule has 4 rings (SSSR count). The number of hydrogen-bond donors (Lipinski definition) is 1. The molecule has 0 saturated carbocycles. The van der Waals surface area contributed by atoms with Crippen molar-refractivity contribution in [1.29, 1.82) is 0 Å². The Bertz CT molecular complexity index is 1070. The summed E-state index contributed by atoms with van der Waals surface area (Å²) in [6.07, 6.45) is 4.07. The minimum atomic E-state index is -0.514. The monoisotopic (exact) mass is 447 g/mol. The van der Waals surface area contributed by atoms with E-state index in [1.54, 1.807) is 4.90 Å². The van der Waals surface area contributed by atoms with Gasteiger partial charge in [-0.3, -0.25) is 14.4 Å². The highest BCUT2D eigenvalue weighted by molar-refractivity contribution is 5.99. The van der Waals surface area contributed by atoms with Gasteiger partial charge in [-0.2, -0.15) is 0 Å². The smallest absolute Gasteiger partial charge is 0.255 e. The van der Waals surface area contributed by atoms with Crippen LogP contribution in [0.1, 0.15) is 65.2 Å². The van der Waals surface area contributed by atoms with Gasteiger partial charge < -0.3 is 15.1 Å². The highest BCUT2D eigenvalue weighted by Gasteiger charge is 2.38. The molecule has 1 atom stereocenters. The molecule has 0 radical (unpaired) electrons. The second kappa shape index (κ2) is 9.77. The van der Waals surface area contributed by atoms with Crippen molar-refractivity contribution < 1.29 is 14.4 Å². The third kappa shape index (κ3) is 4.95. The molecule has 0 aromatic heterocycles. The lowest BCUT2D eigenvalue weighted by molar-refractivity contribution is -0.137. The predicted octanol–water partition coefficient (Wildman–Crippen LogP) is 4.23. The Morgan fingerprint density at radius 3 is 2.42 bits per heavy atom. The van der Waals surface area contributed by atoms with E-state index in [1.165, 1.54) is 0 Å². The molecular formula is C27H33N3O3. The molecule has 0 spiro atoms. The molecule has 6 nitrogen and oxygen atoms in total. The van der Waals surface area contributed by atoms with E-state index in [0.717, 1.165) is 60.3 Å². The fourth-order valence-corrected chi connectivity index (χ4v) is 4.88. The van der Waals surface area contributed by atoms with Crippen LogP contribution in [0.5, 0.6) is 0 Å². The summed E-state index contributed by atoms with van der Waals surface area (Å²) in [6, 6.07) is 11.1. The van der Waals surface area contributed by atoms with Gasteiger partial charge in [-0.25, -0.2) is 0 Å². The number of fused-ring (bicyclic) bond motifs is 1. The van der Waals surface area contributed by atoms with E-state index in [4.69, 9.17) is 0 Å². The molecule has 1 saturated heterocycles. The average molecular weight is 448 g/mol. The number of nitrogens with zero attached hydrogens (tertiary/aromatic N) is 2. The Morgan fingerprint density at radius 1 is 0.970 bits per heavy atom. The van der Waals surface area contributed by atoms with Crippen molar-refractivity contribution in [3.8, 4) is 0 Å². The molecule has 2 aliphatic rings. The maximum atomic E-state index is 13.7. The van der Waals surface area contributed by atoms with E-state index < -0.39 is 6.04 Å². The van der Waals surface area contributed by atoms with Gasteiger partial charge >= 0.3 is 0 Å². The number of hydrogen-bond acceptors (Lipinski definition) is 3. The number of benzene rings is 2. The van der Waals surface area contributed by atoms with Gasteiger partial charge in [-0.05, 0) is 68.0 Å². The first-order chi connectivity index (χ1) is 15.9. The number of rotatable bonds is 4. The SMILES string of the molecule is CCC(=O)Nc1ccc2c(c1)CN(C(=O)c1ccc(C)cc1C)[C@H](C(=O)N1CCCCC1)C2. The van der Waals surface area contributed by atoms with Crippen LogP contribution in [-0.4, -0.2) is 46.7 Å². The van der Waals surface area contributed by atoms with Crippen LogP contribution < -0.4 is 5.32 Å². The van der Waals surface area contributed by atoms with Gasteiger partial charge in [0.1, 0.15) is 6.04 Å². The molecule has 0 unspecified atom stereocenters. The van der Waals surface area contributed by atoms with Crippen LogP contribution in [0.25, 0.3) is 0 Å². The Hall–Kier alpha value is -3.15. The zero-order valence-corrected chi connectivity index (χ0v) is 19.8. The zero-order valence-electron chi connectivity index (χ0n) is 19.8. The van der Waals surface area contributed by atoms with Gasteiger partial charge in [-0.1, -0.05) is 30.7 Å². The van der Waals surface area contributed by atoms with Gasteiger partial charge in [-0.15, -0.1) is 0 Å². The third-order valence-corrected chi connectivity index (χ3v) is 6.77. The van der Waals surface area contributed by atoms with Gasteiger partial charge in [0, 0.05) is 43.7 Å². The summed E-state index contributed by atoms with van der Waals surface area (Å²) in [4.78, 5) is 42.8. The second-order valence-corrected chi connectivity index (χ2v) is 9.24. The Morgan fingerprint density at radius 2 is 1.73 bits per heavy atom. The normalized spacial score (nSPS) is 18.0. The van der Waals surface area contributed by atoms with Gasteiger partial charge in [0.05, 0.1) is 0 Å². The predicted molar refractivity (Wildman–Crippen MR) is 129 cm³/mol.